The Balaban J connectivity index is 1.21. The number of nitrogens with zero attached hydrogens (tertiary/aromatic N) is 4. The molecule has 1 spiro atoms. The first-order valence-electron chi connectivity index (χ1n) is 13.7. The number of aryl methyl sites for hydroxylation is 1. The van der Waals surface area contributed by atoms with Crippen LogP contribution in [0.5, 0.6) is 0 Å². The summed E-state index contributed by atoms with van der Waals surface area (Å²) in [4.78, 5) is 13.3. The van der Waals surface area contributed by atoms with E-state index in [0.717, 1.165) is 48.2 Å². The van der Waals surface area contributed by atoms with Gasteiger partial charge in [-0.25, -0.2) is 9.48 Å². The van der Waals surface area contributed by atoms with Crippen molar-refractivity contribution in [1.82, 2.24) is 24.9 Å². The molecule has 4 aromatic rings. The molecule has 202 valence electrons. The predicted molar refractivity (Wildman–Crippen MR) is 152 cm³/mol. The van der Waals surface area contributed by atoms with Gasteiger partial charge in [-0.1, -0.05) is 48.5 Å². The van der Waals surface area contributed by atoms with Crippen LogP contribution in [0.4, 0.5) is 10.6 Å². The zero-order valence-electron chi connectivity index (χ0n) is 22.8. The van der Waals surface area contributed by atoms with E-state index in [1.807, 2.05) is 57.6 Å². The van der Waals surface area contributed by atoms with Gasteiger partial charge in [-0.05, 0) is 67.6 Å². The van der Waals surface area contributed by atoms with E-state index in [9.17, 15) is 4.79 Å². The molecule has 0 aliphatic heterocycles. The maximum absolute atomic E-state index is 13.3. The summed E-state index contributed by atoms with van der Waals surface area (Å²) < 4.78 is 9.17. The fourth-order valence-electron chi connectivity index (χ4n) is 6.72. The van der Waals surface area contributed by atoms with E-state index in [-0.39, 0.29) is 6.03 Å². The molecule has 2 amide bonds. The number of para-hydroxylation sites is 1. The highest BCUT2D eigenvalue weighted by molar-refractivity contribution is 5.90. The van der Waals surface area contributed by atoms with Crippen molar-refractivity contribution >= 4 is 11.8 Å². The third-order valence-corrected chi connectivity index (χ3v) is 8.66. The van der Waals surface area contributed by atoms with Crippen LogP contribution in [0, 0.1) is 18.3 Å². The number of methoxy groups -OCH3 is 1. The Morgan fingerprint density at radius 3 is 2.44 bits per heavy atom. The fourth-order valence-corrected chi connectivity index (χ4v) is 6.72. The average molecular weight is 525 g/mol. The first kappa shape index (κ1) is 25.4. The molecule has 39 heavy (non-hydrogen) atoms. The van der Waals surface area contributed by atoms with Crippen molar-refractivity contribution < 1.29 is 9.53 Å². The van der Waals surface area contributed by atoms with Crippen molar-refractivity contribution in [2.45, 2.75) is 44.6 Å². The number of carbonyl (C=O) groups is 1. The molecule has 2 N–H and O–H groups in total. The standard InChI is InChI=1S/C31H36N6O2/c1-21-28(24-19-33-36(2)20-24)35-37(25-12-8-5-9-13-25)29(21)34-30(38)32-18-23-14-31(15-26(16-31)39-3)17-27(23)22-10-6-4-7-11-22/h4-13,19-20,23,26-27H,14-18H2,1-3H3,(H2,32,34,38)/t23-,26?,27-,31?/m0/s1. The van der Waals surface area contributed by atoms with E-state index in [2.05, 4.69) is 46.1 Å². The van der Waals surface area contributed by atoms with Gasteiger partial charge in [-0.3, -0.25) is 10.00 Å². The second-order valence-electron chi connectivity index (χ2n) is 11.3. The number of ether oxygens (including phenoxy) is 1. The predicted octanol–water partition coefficient (Wildman–Crippen LogP) is 5.69. The topological polar surface area (TPSA) is 86.0 Å². The molecular weight excluding hydrogens is 488 g/mol. The summed E-state index contributed by atoms with van der Waals surface area (Å²) in [6, 6.07) is 20.4. The summed E-state index contributed by atoms with van der Waals surface area (Å²) in [6.45, 7) is 2.61. The van der Waals surface area contributed by atoms with E-state index in [1.54, 1.807) is 15.6 Å². The molecular formula is C31H36N6O2. The Labute approximate surface area is 229 Å². The number of hydrogen-bond donors (Lipinski definition) is 2. The summed E-state index contributed by atoms with van der Waals surface area (Å²) in [5.74, 6) is 1.46. The van der Waals surface area contributed by atoms with Gasteiger partial charge < -0.3 is 10.1 Å². The van der Waals surface area contributed by atoms with Crippen molar-refractivity contribution in [3.05, 3.63) is 84.2 Å². The number of nitrogens with one attached hydrogen (secondary N) is 2. The Morgan fingerprint density at radius 1 is 1.05 bits per heavy atom. The summed E-state index contributed by atoms with van der Waals surface area (Å²) in [5.41, 5.74) is 5.16. The highest BCUT2D eigenvalue weighted by Crippen LogP contribution is 2.60. The maximum atomic E-state index is 13.3. The molecule has 2 aliphatic rings. The number of carbonyl (C=O) groups excluding carboxylic acids is 1. The van der Waals surface area contributed by atoms with Gasteiger partial charge >= 0.3 is 6.03 Å². The Bertz CT molecular complexity index is 1440. The lowest BCUT2D eigenvalue weighted by molar-refractivity contribution is -0.0579. The molecule has 0 unspecified atom stereocenters. The second-order valence-corrected chi connectivity index (χ2v) is 11.3. The summed E-state index contributed by atoms with van der Waals surface area (Å²) in [6.07, 6.45) is 8.58. The zero-order valence-corrected chi connectivity index (χ0v) is 22.8. The van der Waals surface area contributed by atoms with Gasteiger partial charge in [0.2, 0.25) is 0 Å². The largest absolute Gasteiger partial charge is 0.381 e. The molecule has 8 nitrogen and oxygen atoms in total. The quantitative estimate of drug-likeness (QED) is 0.325. The number of aromatic nitrogens is 4. The van der Waals surface area contributed by atoms with Crippen LogP contribution in [0.15, 0.2) is 73.1 Å². The van der Waals surface area contributed by atoms with Gasteiger partial charge in [0.15, 0.2) is 0 Å². The molecule has 2 atom stereocenters. The minimum Gasteiger partial charge on any atom is -0.381 e. The van der Waals surface area contributed by atoms with Gasteiger partial charge in [0, 0.05) is 38.0 Å². The highest BCUT2D eigenvalue weighted by atomic mass is 16.5. The SMILES string of the molecule is COC1CC2(C1)C[C@@H](CNC(=O)Nc1c(C)c(-c3cnn(C)c3)nn1-c1ccccc1)[C@H](c1ccccc1)C2. The van der Waals surface area contributed by atoms with Crippen LogP contribution in [0.2, 0.25) is 0 Å². The number of urea groups is 1. The summed E-state index contributed by atoms with van der Waals surface area (Å²) >= 11 is 0. The van der Waals surface area contributed by atoms with Gasteiger partial charge in [0.1, 0.15) is 11.5 Å². The van der Waals surface area contributed by atoms with E-state index < -0.39 is 0 Å². The molecule has 0 bridgehead atoms. The number of hydrogen-bond acceptors (Lipinski definition) is 4. The minimum absolute atomic E-state index is 0.218. The molecule has 0 radical (unpaired) electrons. The van der Waals surface area contributed by atoms with Crippen molar-refractivity contribution in [3.8, 4) is 16.9 Å². The third kappa shape index (κ3) is 4.96. The van der Waals surface area contributed by atoms with Crippen LogP contribution in [-0.2, 0) is 11.8 Å². The van der Waals surface area contributed by atoms with Gasteiger partial charge in [0.05, 0.1) is 18.0 Å². The number of rotatable bonds is 7. The van der Waals surface area contributed by atoms with Crippen LogP contribution in [0.3, 0.4) is 0 Å². The van der Waals surface area contributed by atoms with E-state index in [0.29, 0.717) is 35.7 Å². The van der Waals surface area contributed by atoms with E-state index in [4.69, 9.17) is 9.84 Å². The lowest BCUT2D eigenvalue weighted by Gasteiger charge is -2.45. The smallest absolute Gasteiger partial charge is 0.320 e. The molecule has 2 heterocycles. The van der Waals surface area contributed by atoms with Crippen LogP contribution in [0.1, 0.15) is 42.7 Å². The van der Waals surface area contributed by atoms with Gasteiger partial charge in [0.25, 0.3) is 0 Å². The molecule has 0 saturated heterocycles. The monoisotopic (exact) mass is 524 g/mol. The fraction of sp³-hybridized carbons (Fsp3) is 0.387. The molecule has 6 rings (SSSR count). The Morgan fingerprint density at radius 2 is 1.77 bits per heavy atom. The summed E-state index contributed by atoms with van der Waals surface area (Å²) in [5, 5.41) is 15.5. The zero-order chi connectivity index (χ0) is 27.0. The number of anilines is 1. The molecule has 8 heteroatoms. The maximum Gasteiger partial charge on any atom is 0.320 e. The minimum atomic E-state index is -0.218. The normalized spacial score (nSPS) is 24.0. The van der Waals surface area contributed by atoms with E-state index >= 15 is 0 Å². The lowest BCUT2D eigenvalue weighted by Crippen LogP contribution is -2.40. The Hall–Kier alpha value is -3.91. The second kappa shape index (κ2) is 10.3. The number of benzene rings is 2. The van der Waals surface area contributed by atoms with Crippen LogP contribution in [-0.4, -0.2) is 45.4 Å². The van der Waals surface area contributed by atoms with Crippen LogP contribution < -0.4 is 10.6 Å². The summed E-state index contributed by atoms with van der Waals surface area (Å²) in [7, 11) is 3.70. The molecule has 2 aromatic heterocycles. The number of amides is 2. The third-order valence-electron chi connectivity index (χ3n) is 8.66. The van der Waals surface area contributed by atoms with Crippen molar-refractivity contribution in [1.29, 1.82) is 0 Å². The van der Waals surface area contributed by atoms with Crippen LogP contribution in [0.25, 0.3) is 16.9 Å². The van der Waals surface area contributed by atoms with E-state index in [1.165, 1.54) is 5.56 Å². The Kier molecular flexibility index (Phi) is 6.73. The van der Waals surface area contributed by atoms with Crippen molar-refractivity contribution in [3.63, 3.8) is 0 Å². The molecule has 2 aromatic carbocycles. The molecule has 2 saturated carbocycles. The van der Waals surface area contributed by atoms with Crippen molar-refractivity contribution in [2.75, 3.05) is 19.0 Å². The first-order valence-corrected chi connectivity index (χ1v) is 13.7. The van der Waals surface area contributed by atoms with Crippen molar-refractivity contribution in [2.24, 2.45) is 18.4 Å². The lowest BCUT2D eigenvalue weighted by atomic mass is 9.65. The first-order chi connectivity index (χ1) is 18.9. The highest BCUT2D eigenvalue weighted by Gasteiger charge is 2.53. The van der Waals surface area contributed by atoms with Crippen LogP contribution >= 0.6 is 0 Å². The van der Waals surface area contributed by atoms with Gasteiger partial charge in [-0.2, -0.15) is 10.2 Å². The van der Waals surface area contributed by atoms with Gasteiger partial charge in [-0.15, -0.1) is 0 Å². The average Bonchev–Trinajstić information content (AvgIpc) is 3.63. The molecule has 2 fully saturated rings. The molecule has 2 aliphatic carbocycles.